The molecule has 0 bridgehead atoms. The summed E-state index contributed by atoms with van der Waals surface area (Å²) in [5, 5.41) is 4.98. The van der Waals surface area contributed by atoms with Gasteiger partial charge in [0.25, 0.3) is 0 Å². The number of nitrogens with one attached hydrogen (secondary N) is 2. The number of hydrogen-bond acceptors (Lipinski definition) is 3. The van der Waals surface area contributed by atoms with Gasteiger partial charge in [-0.2, -0.15) is 0 Å². The first-order chi connectivity index (χ1) is 6.40. The molecule has 0 heterocycles. The molecule has 2 amide bonds. The fraction of sp³-hybridized carbons (Fsp3) is 0.778. The molecule has 5 nitrogen and oxygen atoms in total. The van der Waals surface area contributed by atoms with Crippen LogP contribution in [-0.2, 0) is 9.59 Å². The van der Waals surface area contributed by atoms with Crippen molar-refractivity contribution < 1.29 is 9.59 Å². The maximum absolute atomic E-state index is 11.4. The van der Waals surface area contributed by atoms with Crippen LogP contribution in [0, 0.1) is 5.92 Å². The van der Waals surface area contributed by atoms with Gasteiger partial charge in [0.05, 0.1) is 6.04 Å². The van der Waals surface area contributed by atoms with Crippen LogP contribution in [0.1, 0.15) is 20.8 Å². The molecule has 0 aromatic heterocycles. The summed E-state index contributed by atoms with van der Waals surface area (Å²) in [6, 6.07) is -1.11. The summed E-state index contributed by atoms with van der Waals surface area (Å²) in [5.74, 6) is -0.461. The molecule has 0 spiro atoms. The molecule has 0 fully saturated rings. The lowest BCUT2D eigenvalue weighted by Crippen LogP contribution is -2.51. The van der Waals surface area contributed by atoms with Crippen molar-refractivity contribution in [3.05, 3.63) is 0 Å². The van der Waals surface area contributed by atoms with Gasteiger partial charge in [-0.15, -0.1) is 0 Å². The van der Waals surface area contributed by atoms with Gasteiger partial charge in [-0.05, 0) is 12.8 Å². The van der Waals surface area contributed by atoms with Crippen molar-refractivity contribution in [1.82, 2.24) is 10.6 Å². The fourth-order valence-electron chi connectivity index (χ4n) is 0.894. The molecule has 0 aromatic carbocycles. The smallest absolute Gasteiger partial charge is 0.242 e. The third-order valence-corrected chi connectivity index (χ3v) is 2.02. The van der Waals surface area contributed by atoms with Gasteiger partial charge in [-0.3, -0.25) is 9.59 Å². The quantitative estimate of drug-likeness (QED) is 0.558. The van der Waals surface area contributed by atoms with Crippen molar-refractivity contribution in [2.24, 2.45) is 11.7 Å². The Balaban J connectivity index is 4.12. The highest BCUT2D eigenvalue weighted by Crippen LogP contribution is 1.98. The van der Waals surface area contributed by atoms with Crippen LogP contribution < -0.4 is 16.4 Å². The predicted octanol–water partition coefficient (Wildman–Crippen LogP) is -0.780. The van der Waals surface area contributed by atoms with Crippen molar-refractivity contribution in [1.29, 1.82) is 0 Å². The van der Waals surface area contributed by atoms with Crippen molar-refractivity contribution in [3.63, 3.8) is 0 Å². The number of carbonyl (C=O) groups excluding carboxylic acids is 2. The van der Waals surface area contributed by atoms with Crippen LogP contribution in [-0.4, -0.2) is 30.9 Å². The summed E-state index contributed by atoms with van der Waals surface area (Å²) in [6.07, 6.45) is 0. The Labute approximate surface area is 84.4 Å². The fourth-order valence-corrected chi connectivity index (χ4v) is 0.894. The van der Waals surface area contributed by atoms with Crippen LogP contribution in [0.5, 0.6) is 0 Å². The summed E-state index contributed by atoms with van der Waals surface area (Å²) in [7, 11) is 1.52. The van der Waals surface area contributed by atoms with E-state index in [1.807, 2.05) is 13.8 Å². The monoisotopic (exact) mass is 201 g/mol. The average molecular weight is 201 g/mol. The maximum Gasteiger partial charge on any atom is 0.242 e. The first-order valence-corrected chi connectivity index (χ1v) is 4.67. The molecule has 0 aromatic rings. The zero-order valence-corrected chi connectivity index (χ0v) is 9.13. The lowest BCUT2D eigenvalue weighted by molar-refractivity contribution is -0.129. The van der Waals surface area contributed by atoms with Crippen LogP contribution in [0.3, 0.4) is 0 Å². The second-order valence-corrected chi connectivity index (χ2v) is 3.61. The molecule has 0 aliphatic heterocycles. The van der Waals surface area contributed by atoms with Crippen molar-refractivity contribution in [2.75, 3.05) is 7.05 Å². The highest BCUT2D eigenvalue weighted by molar-refractivity contribution is 5.89. The van der Waals surface area contributed by atoms with Crippen molar-refractivity contribution in [2.45, 2.75) is 32.9 Å². The summed E-state index contributed by atoms with van der Waals surface area (Å²) in [4.78, 5) is 22.5. The number of carbonyl (C=O) groups is 2. The Bertz CT molecular complexity index is 216. The normalized spacial score (nSPS) is 14.7. The SMILES string of the molecule is CNC(=O)C(C)NC(=O)[C@@H](N)C(C)C. The van der Waals surface area contributed by atoms with E-state index in [2.05, 4.69) is 10.6 Å². The maximum atomic E-state index is 11.4. The van der Waals surface area contributed by atoms with E-state index in [1.54, 1.807) is 6.92 Å². The number of hydrogen-bond donors (Lipinski definition) is 3. The summed E-state index contributed by atoms with van der Waals surface area (Å²) in [6.45, 7) is 5.33. The van der Waals surface area contributed by atoms with Crippen LogP contribution in [0.4, 0.5) is 0 Å². The van der Waals surface area contributed by atoms with Crippen molar-refractivity contribution >= 4 is 11.8 Å². The topological polar surface area (TPSA) is 84.2 Å². The summed E-state index contributed by atoms with van der Waals surface area (Å²) in [5.41, 5.74) is 5.61. The third-order valence-electron chi connectivity index (χ3n) is 2.02. The Morgan fingerprint density at radius 3 is 2.00 bits per heavy atom. The Morgan fingerprint density at radius 2 is 1.64 bits per heavy atom. The summed E-state index contributed by atoms with van der Waals surface area (Å²) < 4.78 is 0. The highest BCUT2D eigenvalue weighted by atomic mass is 16.2. The van der Waals surface area contributed by atoms with Crippen LogP contribution in [0.25, 0.3) is 0 Å². The molecule has 1 unspecified atom stereocenters. The molecule has 2 atom stereocenters. The second-order valence-electron chi connectivity index (χ2n) is 3.61. The zero-order chi connectivity index (χ0) is 11.3. The van der Waals surface area contributed by atoms with Gasteiger partial charge in [0, 0.05) is 7.05 Å². The largest absolute Gasteiger partial charge is 0.357 e. The van der Waals surface area contributed by atoms with Gasteiger partial charge in [0.1, 0.15) is 6.04 Å². The molecule has 0 radical (unpaired) electrons. The first kappa shape index (κ1) is 12.9. The molecular weight excluding hydrogens is 182 g/mol. The van der Waals surface area contributed by atoms with E-state index in [1.165, 1.54) is 7.05 Å². The Morgan fingerprint density at radius 1 is 1.14 bits per heavy atom. The van der Waals surface area contributed by atoms with E-state index >= 15 is 0 Å². The minimum Gasteiger partial charge on any atom is -0.357 e. The van der Waals surface area contributed by atoms with E-state index in [0.29, 0.717) is 0 Å². The van der Waals surface area contributed by atoms with Crippen molar-refractivity contribution in [3.8, 4) is 0 Å². The highest BCUT2D eigenvalue weighted by Gasteiger charge is 2.21. The van der Waals surface area contributed by atoms with E-state index in [9.17, 15) is 9.59 Å². The number of rotatable bonds is 4. The molecule has 0 saturated heterocycles. The molecular formula is C9H19N3O2. The second kappa shape index (κ2) is 5.59. The molecule has 5 heteroatoms. The number of likely N-dealkylation sites (N-methyl/N-ethyl adjacent to an activating group) is 1. The molecule has 0 rings (SSSR count). The molecule has 82 valence electrons. The van der Waals surface area contributed by atoms with Crippen LogP contribution >= 0.6 is 0 Å². The van der Waals surface area contributed by atoms with Gasteiger partial charge in [0.15, 0.2) is 0 Å². The van der Waals surface area contributed by atoms with Crippen LogP contribution in [0.2, 0.25) is 0 Å². The van der Waals surface area contributed by atoms with Gasteiger partial charge in [0.2, 0.25) is 11.8 Å². The predicted molar refractivity (Wildman–Crippen MR) is 54.5 cm³/mol. The zero-order valence-electron chi connectivity index (χ0n) is 9.13. The molecule has 0 saturated carbocycles. The Kier molecular flexibility index (Phi) is 5.15. The van der Waals surface area contributed by atoms with Gasteiger partial charge in [-0.25, -0.2) is 0 Å². The first-order valence-electron chi connectivity index (χ1n) is 4.67. The van der Waals surface area contributed by atoms with Gasteiger partial charge in [-0.1, -0.05) is 13.8 Å². The molecule has 0 aliphatic rings. The summed E-state index contributed by atoms with van der Waals surface area (Å²) >= 11 is 0. The lowest BCUT2D eigenvalue weighted by Gasteiger charge is -2.18. The number of amides is 2. The van der Waals surface area contributed by atoms with Gasteiger partial charge >= 0.3 is 0 Å². The Hall–Kier alpha value is -1.10. The standard InChI is InChI=1S/C9H19N3O2/c1-5(2)7(10)9(14)12-6(3)8(13)11-4/h5-7H,10H2,1-4H3,(H,11,13)(H,12,14)/t6?,7-/m0/s1. The third kappa shape index (κ3) is 3.74. The molecule has 14 heavy (non-hydrogen) atoms. The van der Waals surface area contributed by atoms with E-state index < -0.39 is 12.1 Å². The molecule has 4 N–H and O–H groups in total. The van der Waals surface area contributed by atoms with Crippen LogP contribution in [0.15, 0.2) is 0 Å². The van der Waals surface area contributed by atoms with Gasteiger partial charge < -0.3 is 16.4 Å². The minimum atomic E-state index is -0.567. The van der Waals surface area contributed by atoms with E-state index in [4.69, 9.17) is 5.73 Å². The van der Waals surface area contributed by atoms with E-state index in [-0.39, 0.29) is 17.7 Å². The minimum absolute atomic E-state index is 0.0619. The average Bonchev–Trinajstić information content (AvgIpc) is 2.14. The van der Waals surface area contributed by atoms with E-state index in [0.717, 1.165) is 0 Å². The lowest BCUT2D eigenvalue weighted by atomic mass is 10.0. The number of nitrogens with two attached hydrogens (primary N) is 1. The molecule has 0 aliphatic carbocycles.